The third-order valence-corrected chi connectivity index (χ3v) is 3.63. The van der Waals surface area contributed by atoms with Crippen LogP contribution in [-0.2, 0) is 4.74 Å². The molecule has 2 heterocycles. The highest BCUT2D eigenvalue weighted by Gasteiger charge is 2.41. The Morgan fingerprint density at radius 3 is 2.82 bits per heavy atom. The molecule has 1 fully saturated rings. The average molecular weight is 238 g/mol. The van der Waals surface area contributed by atoms with Gasteiger partial charge in [0.15, 0.2) is 0 Å². The van der Waals surface area contributed by atoms with Crippen LogP contribution in [0.1, 0.15) is 30.9 Å². The molecule has 3 nitrogen and oxygen atoms in total. The van der Waals surface area contributed by atoms with E-state index in [2.05, 4.69) is 0 Å². The smallest absolute Gasteiger partial charge is 0.128 e. The second kappa shape index (κ2) is 3.96. The molecule has 1 spiro atoms. The molecule has 1 aromatic rings. The summed E-state index contributed by atoms with van der Waals surface area (Å²) < 4.78 is 24.4. The number of ether oxygens (including phenoxy) is 2. The van der Waals surface area contributed by atoms with Crippen molar-refractivity contribution in [1.82, 2.24) is 0 Å². The molecule has 2 aliphatic heterocycles. The minimum absolute atomic E-state index is 0.333. The van der Waals surface area contributed by atoms with Crippen LogP contribution in [-0.4, -0.2) is 23.9 Å². The summed E-state index contributed by atoms with van der Waals surface area (Å²) in [6.07, 6.45) is 1.49. The molecule has 92 valence electrons. The van der Waals surface area contributed by atoms with Crippen LogP contribution in [0.4, 0.5) is 4.39 Å². The van der Waals surface area contributed by atoms with Crippen molar-refractivity contribution in [3.63, 3.8) is 0 Å². The van der Waals surface area contributed by atoms with Gasteiger partial charge in [-0.25, -0.2) is 4.39 Å². The zero-order valence-corrected chi connectivity index (χ0v) is 9.49. The summed E-state index contributed by atoms with van der Waals surface area (Å²) in [7, 11) is 0. The largest absolute Gasteiger partial charge is 0.486 e. The Labute approximate surface area is 99.2 Å². The molecule has 0 bridgehead atoms. The number of fused-ring (bicyclic) bond motifs is 1. The number of aliphatic hydroxyl groups excluding tert-OH is 1. The lowest BCUT2D eigenvalue weighted by Crippen LogP contribution is -2.45. The van der Waals surface area contributed by atoms with Gasteiger partial charge in [0.05, 0.1) is 19.3 Å². The molecular formula is C13H15FO3. The molecule has 0 unspecified atom stereocenters. The predicted molar refractivity (Wildman–Crippen MR) is 59.4 cm³/mol. The fourth-order valence-electron chi connectivity index (χ4n) is 2.66. The first-order chi connectivity index (χ1) is 8.19. The lowest BCUT2D eigenvalue weighted by molar-refractivity contribution is -0.0840. The van der Waals surface area contributed by atoms with E-state index in [4.69, 9.17) is 9.47 Å². The quantitative estimate of drug-likeness (QED) is 0.753. The SMILES string of the molecule is O[C@H]1CC2(CCOCC2)Oc2cc(F)ccc21. The monoisotopic (exact) mass is 238 g/mol. The number of rotatable bonds is 0. The highest BCUT2D eigenvalue weighted by atomic mass is 19.1. The van der Waals surface area contributed by atoms with Crippen LogP contribution >= 0.6 is 0 Å². The van der Waals surface area contributed by atoms with E-state index in [9.17, 15) is 9.50 Å². The standard InChI is InChI=1S/C13H15FO3/c14-9-1-2-10-11(15)8-13(17-12(10)7-9)3-5-16-6-4-13/h1-2,7,11,15H,3-6,8H2/t11-/m0/s1. The Bertz CT molecular complexity index is 427. The molecule has 4 heteroatoms. The molecular weight excluding hydrogens is 223 g/mol. The second-order valence-corrected chi connectivity index (χ2v) is 4.80. The van der Waals surface area contributed by atoms with Crippen LogP contribution in [0.5, 0.6) is 5.75 Å². The number of halogens is 1. The van der Waals surface area contributed by atoms with E-state index in [1.807, 2.05) is 0 Å². The minimum Gasteiger partial charge on any atom is -0.486 e. The predicted octanol–water partition coefficient (Wildman–Crippen LogP) is 2.19. The van der Waals surface area contributed by atoms with Crippen LogP contribution in [0.15, 0.2) is 18.2 Å². The molecule has 0 aliphatic carbocycles. The van der Waals surface area contributed by atoms with E-state index in [-0.39, 0.29) is 11.4 Å². The van der Waals surface area contributed by atoms with Gasteiger partial charge in [-0.05, 0) is 12.1 Å². The van der Waals surface area contributed by atoms with Crippen molar-refractivity contribution in [2.24, 2.45) is 0 Å². The topological polar surface area (TPSA) is 38.7 Å². The third-order valence-electron chi connectivity index (χ3n) is 3.63. The summed E-state index contributed by atoms with van der Waals surface area (Å²) in [4.78, 5) is 0. The minimum atomic E-state index is -0.572. The maximum atomic E-state index is 13.2. The Morgan fingerprint density at radius 1 is 1.29 bits per heavy atom. The van der Waals surface area contributed by atoms with Crippen molar-refractivity contribution in [3.8, 4) is 5.75 Å². The first kappa shape index (κ1) is 11.0. The van der Waals surface area contributed by atoms with Gasteiger partial charge in [0.25, 0.3) is 0 Å². The van der Waals surface area contributed by atoms with Crippen molar-refractivity contribution in [2.45, 2.75) is 31.0 Å². The van der Waals surface area contributed by atoms with E-state index in [1.165, 1.54) is 12.1 Å². The molecule has 17 heavy (non-hydrogen) atoms. The highest BCUT2D eigenvalue weighted by Crippen LogP contribution is 2.43. The van der Waals surface area contributed by atoms with Gasteiger partial charge in [0.2, 0.25) is 0 Å². The van der Waals surface area contributed by atoms with E-state index in [1.54, 1.807) is 6.07 Å². The first-order valence-corrected chi connectivity index (χ1v) is 5.93. The van der Waals surface area contributed by atoms with Gasteiger partial charge in [0, 0.05) is 30.9 Å². The van der Waals surface area contributed by atoms with E-state index in [0.29, 0.717) is 30.9 Å². The Balaban J connectivity index is 1.95. The summed E-state index contributed by atoms with van der Waals surface area (Å²) in [6, 6.07) is 4.31. The second-order valence-electron chi connectivity index (χ2n) is 4.80. The molecule has 0 amide bonds. The highest BCUT2D eigenvalue weighted by molar-refractivity contribution is 5.38. The van der Waals surface area contributed by atoms with Crippen LogP contribution < -0.4 is 4.74 Å². The van der Waals surface area contributed by atoms with Crippen molar-refractivity contribution >= 4 is 0 Å². The maximum absolute atomic E-state index is 13.2. The van der Waals surface area contributed by atoms with Crippen molar-refractivity contribution in [2.75, 3.05) is 13.2 Å². The van der Waals surface area contributed by atoms with Gasteiger partial charge in [-0.3, -0.25) is 0 Å². The fourth-order valence-corrected chi connectivity index (χ4v) is 2.66. The third kappa shape index (κ3) is 1.91. The molecule has 0 aromatic heterocycles. The summed E-state index contributed by atoms with van der Waals surface area (Å²) in [6.45, 7) is 1.27. The van der Waals surface area contributed by atoms with Gasteiger partial charge in [-0.1, -0.05) is 0 Å². The Hall–Kier alpha value is -1.13. The summed E-state index contributed by atoms with van der Waals surface area (Å²) in [5, 5.41) is 10.1. The van der Waals surface area contributed by atoms with Crippen LogP contribution in [0.3, 0.4) is 0 Å². The van der Waals surface area contributed by atoms with Crippen LogP contribution in [0, 0.1) is 5.82 Å². The van der Waals surface area contributed by atoms with Gasteiger partial charge >= 0.3 is 0 Å². The Kier molecular flexibility index (Phi) is 2.56. The van der Waals surface area contributed by atoms with Crippen molar-refractivity contribution < 1.29 is 19.0 Å². The van der Waals surface area contributed by atoms with Gasteiger partial charge in [-0.15, -0.1) is 0 Å². The molecule has 2 aliphatic rings. The molecule has 0 radical (unpaired) electrons. The van der Waals surface area contributed by atoms with Gasteiger partial charge in [0.1, 0.15) is 17.2 Å². The lowest BCUT2D eigenvalue weighted by Gasteiger charge is -2.43. The molecule has 1 aromatic carbocycles. The van der Waals surface area contributed by atoms with Crippen LogP contribution in [0.25, 0.3) is 0 Å². The normalized spacial score (nSPS) is 26.4. The summed E-state index contributed by atoms with van der Waals surface area (Å²) >= 11 is 0. The van der Waals surface area contributed by atoms with Gasteiger partial charge in [-0.2, -0.15) is 0 Å². The first-order valence-electron chi connectivity index (χ1n) is 5.93. The van der Waals surface area contributed by atoms with Crippen LogP contribution in [0.2, 0.25) is 0 Å². The lowest BCUT2D eigenvalue weighted by atomic mass is 9.83. The number of hydrogen-bond donors (Lipinski definition) is 1. The van der Waals surface area contributed by atoms with E-state index >= 15 is 0 Å². The average Bonchev–Trinajstić information content (AvgIpc) is 2.29. The number of hydrogen-bond acceptors (Lipinski definition) is 3. The molecule has 1 saturated heterocycles. The van der Waals surface area contributed by atoms with Crippen molar-refractivity contribution in [1.29, 1.82) is 0 Å². The van der Waals surface area contributed by atoms with E-state index in [0.717, 1.165) is 12.8 Å². The maximum Gasteiger partial charge on any atom is 0.128 e. The molecule has 1 atom stereocenters. The zero-order chi connectivity index (χ0) is 11.9. The molecule has 1 N–H and O–H groups in total. The number of benzene rings is 1. The molecule has 3 rings (SSSR count). The van der Waals surface area contributed by atoms with E-state index < -0.39 is 6.10 Å². The number of aliphatic hydroxyl groups is 1. The zero-order valence-electron chi connectivity index (χ0n) is 9.49. The Morgan fingerprint density at radius 2 is 2.06 bits per heavy atom. The van der Waals surface area contributed by atoms with Crippen molar-refractivity contribution in [3.05, 3.63) is 29.6 Å². The fraction of sp³-hybridized carbons (Fsp3) is 0.538. The molecule has 0 saturated carbocycles. The summed E-state index contributed by atoms with van der Waals surface area (Å²) in [5.41, 5.74) is 0.307. The van der Waals surface area contributed by atoms with Gasteiger partial charge < -0.3 is 14.6 Å². The summed E-state index contributed by atoms with van der Waals surface area (Å²) in [5.74, 6) is 0.144.